The Kier molecular flexibility index (Phi) is 5.57. The van der Waals surface area contributed by atoms with Crippen molar-refractivity contribution in [3.8, 4) is 34.3 Å². The molecule has 0 N–H and O–H groups in total. The Bertz CT molecular complexity index is 2030. The first-order valence-electron chi connectivity index (χ1n) is 12.2. The molecule has 4 aromatic carbocycles. The molecule has 0 saturated heterocycles. The molecule has 0 unspecified atom stereocenters. The average molecular weight is 502 g/mol. The molecule has 0 atom stereocenters. The van der Waals surface area contributed by atoms with Crippen molar-refractivity contribution in [2.24, 2.45) is 0 Å². The lowest BCUT2D eigenvalue weighted by Gasteiger charge is -2.12. The van der Waals surface area contributed by atoms with E-state index in [1.807, 2.05) is 44.2 Å². The van der Waals surface area contributed by atoms with Crippen LogP contribution in [0.15, 0.2) is 78.9 Å². The van der Waals surface area contributed by atoms with Crippen LogP contribution in [-0.2, 0) is 0 Å². The summed E-state index contributed by atoms with van der Waals surface area (Å²) >= 11 is 0. The second-order valence-electron chi connectivity index (χ2n) is 9.14. The molecule has 6 aromatic rings. The van der Waals surface area contributed by atoms with E-state index in [0.717, 1.165) is 38.6 Å². The topological polar surface area (TPSA) is 76.1 Å². The van der Waals surface area contributed by atoms with Gasteiger partial charge in [0.1, 0.15) is 11.6 Å². The van der Waals surface area contributed by atoms with Crippen LogP contribution in [0.1, 0.15) is 17.2 Å². The highest BCUT2D eigenvalue weighted by molar-refractivity contribution is 6.10. The van der Waals surface area contributed by atoms with Crippen LogP contribution in [0.5, 0.6) is 0 Å². The van der Waals surface area contributed by atoms with Crippen LogP contribution >= 0.6 is 0 Å². The van der Waals surface area contributed by atoms with Crippen LogP contribution in [0.25, 0.3) is 59.7 Å². The van der Waals surface area contributed by atoms with Crippen molar-refractivity contribution in [3.05, 3.63) is 119 Å². The lowest BCUT2D eigenvalue weighted by molar-refractivity contribution is 0.929. The summed E-state index contributed by atoms with van der Waals surface area (Å²) in [5, 5.41) is 11.7. The molecule has 6 rings (SSSR count). The first-order valence-corrected chi connectivity index (χ1v) is 12.2. The summed E-state index contributed by atoms with van der Waals surface area (Å²) in [4.78, 5) is 20.6. The number of nitrogens with zero attached hydrogens (tertiary/aromatic N) is 7. The summed E-state index contributed by atoms with van der Waals surface area (Å²) in [6.45, 7) is 18.8. The predicted molar refractivity (Wildman–Crippen MR) is 152 cm³/mol. The molecular weight excluding hydrogens is 482 g/mol. The maximum atomic E-state index is 9.49. The summed E-state index contributed by atoms with van der Waals surface area (Å²) in [6.07, 6.45) is 0. The Balaban J connectivity index is 1.64. The van der Waals surface area contributed by atoms with E-state index < -0.39 is 0 Å². The van der Waals surface area contributed by atoms with Crippen LogP contribution in [0.4, 0.5) is 11.4 Å². The van der Waals surface area contributed by atoms with Crippen LogP contribution < -0.4 is 0 Å². The fourth-order valence-electron chi connectivity index (χ4n) is 5.01. The van der Waals surface area contributed by atoms with Gasteiger partial charge in [0.05, 0.1) is 30.2 Å². The van der Waals surface area contributed by atoms with E-state index in [0.29, 0.717) is 40.0 Å². The van der Waals surface area contributed by atoms with Crippen LogP contribution in [0, 0.1) is 38.3 Å². The van der Waals surface area contributed by atoms with E-state index in [-0.39, 0.29) is 0 Å². The van der Waals surface area contributed by atoms with Crippen molar-refractivity contribution < 1.29 is 0 Å². The van der Waals surface area contributed by atoms with Gasteiger partial charge in [0.2, 0.25) is 0 Å². The number of para-hydroxylation sites is 1. The second-order valence-corrected chi connectivity index (χ2v) is 9.14. The molecule has 2 heterocycles. The molecule has 0 radical (unpaired) electrons. The Morgan fingerprint density at radius 3 is 2.26 bits per heavy atom. The average Bonchev–Trinajstić information content (AvgIpc) is 3.29. The van der Waals surface area contributed by atoms with Crippen molar-refractivity contribution in [1.82, 2.24) is 19.5 Å². The normalized spacial score (nSPS) is 10.7. The molecule has 2 aromatic heterocycles. The molecule has 7 nitrogen and oxygen atoms in total. The van der Waals surface area contributed by atoms with E-state index in [9.17, 15) is 5.26 Å². The zero-order valence-electron chi connectivity index (χ0n) is 21.1. The summed E-state index contributed by atoms with van der Waals surface area (Å²) in [5.41, 5.74) is 6.52. The summed E-state index contributed by atoms with van der Waals surface area (Å²) in [6, 6.07) is 27.4. The Morgan fingerprint density at radius 2 is 1.51 bits per heavy atom. The number of hydrogen-bond donors (Lipinski definition) is 0. The van der Waals surface area contributed by atoms with E-state index in [1.165, 1.54) is 0 Å². The van der Waals surface area contributed by atoms with Gasteiger partial charge in [-0.25, -0.2) is 24.6 Å². The van der Waals surface area contributed by atoms with Crippen molar-refractivity contribution in [1.29, 1.82) is 5.26 Å². The Morgan fingerprint density at radius 1 is 0.744 bits per heavy atom. The number of aryl methyl sites for hydroxylation is 2. The number of aromatic nitrogens is 4. The molecule has 0 saturated carbocycles. The van der Waals surface area contributed by atoms with Crippen molar-refractivity contribution in [2.75, 3.05) is 0 Å². The molecule has 39 heavy (non-hydrogen) atoms. The third-order valence-corrected chi connectivity index (χ3v) is 6.64. The summed E-state index contributed by atoms with van der Waals surface area (Å²) < 4.78 is 2.16. The lowest BCUT2D eigenvalue weighted by Crippen LogP contribution is -2.00. The Hall–Kier alpha value is -5.84. The molecule has 0 amide bonds. The summed E-state index contributed by atoms with van der Waals surface area (Å²) in [7, 11) is 0. The minimum atomic E-state index is 0.423. The van der Waals surface area contributed by atoms with Crippen molar-refractivity contribution >= 4 is 33.2 Å². The van der Waals surface area contributed by atoms with Crippen molar-refractivity contribution in [3.63, 3.8) is 0 Å². The molecule has 0 bridgehead atoms. The lowest BCUT2D eigenvalue weighted by atomic mass is 10.0. The number of fused-ring (bicyclic) bond motifs is 3. The van der Waals surface area contributed by atoms with Gasteiger partial charge >= 0.3 is 0 Å². The van der Waals surface area contributed by atoms with Gasteiger partial charge in [-0.2, -0.15) is 5.26 Å². The largest absolute Gasteiger partial charge is 0.309 e. The molecule has 0 spiro atoms. The third-order valence-electron chi connectivity index (χ3n) is 6.64. The van der Waals surface area contributed by atoms with Gasteiger partial charge in [0.25, 0.3) is 0 Å². The van der Waals surface area contributed by atoms with Gasteiger partial charge in [-0.1, -0.05) is 36.4 Å². The minimum Gasteiger partial charge on any atom is -0.309 e. The first kappa shape index (κ1) is 23.6. The summed E-state index contributed by atoms with van der Waals surface area (Å²) in [5.74, 6) is 1.66. The van der Waals surface area contributed by atoms with Gasteiger partial charge in [-0.15, -0.1) is 0 Å². The number of rotatable bonds is 3. The fourth-order valence-corrected chi connectivity index (χ4v) is 5.01. The number of hydrogen-bond acceptors (Lipinski definition) is 4. The first-order chi connectivity index (χ1) is 19.0. The quantitative estimate of drug-likeness (QED) is 0.231. The molecule has 0 aliphatic rings. The van der Waals surface area contributed by atoms with Gasteiger partial charge < -0.3 is 4.57 Å². The van der Waals surface area contributed by atoms with Crippen LogP contribution in [-0.4, -0.2) is 19.5 Å². The smallest absolute Gasteiger partial charge is 0.198 e. The van der Waals surface area contributed by atoms with Gasteiger partial charge in [-0.3, -0.25) is 0 Å². The Labute approximate surface area is 224 Å². The second kappa shape index (κ2) is 9.23. The third kappa shape index (κ3) is 4.03. The number of benzene rings is 4. The monoisotopic (exact) mass is 501 g/mol. The van der Waals surface area contributed by atoms with Gasteiger partial charge in [-0.05, 0) is 67.4 Å². The SMILES string of the molecule is [C-]#[N+]c1cc(C#N)cc(-c2ccc3c4ccccc4n(-c4ccc([N+]#[C-])c(-c5nc(C)nc(C)n5)c4)c3c2)c1. The number of nitriles is 1. The van der Waals surface area contributed by atoms with Gasteiger partial charge in [0.15, 0.2) is 17.2 Å². The standard InChI is InChI=1S/C32H19N7/c1-19-36-20(2)38-32(37-19)28-17-25(10-12-29(28)35-4)39-30-8-6-5-7-26(30)27-11-9-22(16-31(27)39)23-13-21(18-33)14-24(15-23)34-3/h5-17H,1-2H3. The molecule has 182 valence electrons. The fraction of sp³-hybridized carbons (Fsp3) is 0.0625. The minimum absolute atomic E-state index is 0.423. The highest BCUT2D eigenvalue weighted by atomic mass is 15.0. The van der Waals surface area contributed by atoms with E-state index in [4.69, 9.17) is 13.1 Å². The van der Waals surface area contributed by atoms with E-state index in [2.05, 4.69) is 59.5 Å². The molecule has 0 fully saturated rings. The zero-order valence-corrected chi connectivity index (χ0v) is 21.1. The van der Waals surface area contributed by atoms with Crippen LogP contribution in [0.3, 0.4) is 0 Å². The zero-order chi connectivity index (χ0) is 27.1. The highest BCUT2D eigenvalue weighted by Gasteiger charge is 2.17. The molecular formula is C32H19N7. The predicted octanol–water partition coefficient (Wildman–Crippen LogP) is 7.89. The van der Waals surface area contributed by atoms with E-state index >= 15 is 0 Å². The molecule has 0 aliphatic carbocycles. The maximum absolute atomic E-state index is 9.49. The molecule has 7 heteroatoms. The van der Waals surface area contributed by atoms with Crippen molar-refractivity contribution in [2.45, 2.75) is 13.8 Å². The maximum Gasteiger partial charge on any atom is 0.198 e. The highest BCUT2D eigenvalue weighted by Crippen LogP contribution is 2.38. The van der Waals surface area contributed by atoms with E-state index in [1.54, 1.807) is 24.3 Å². The molecule has 0 aliphatic heterocycles. The van der Waals surface area contributed by atoms with Crippen LogP contribution in [0.2, 0.25) is 0 Å². The van der Waals surface area contributed by atoms with Gasteiger partial charge in [0, 0.05) is 27.6 Å².